The second kappa shape index (κ2) is 6.80. The van der Waals surface area contributed by atoms with Gasteiger partial charge in [0.15, 0.2) is 0 Å². The van der Waals surface area contributed by atoms with Gasteiger partial charge in [0.05, 0.1) is 0 Å². The fraction of sp³-hybridized carbons (Fsp3) is 0.625. The SMILES string of the molecule is CCC(NC)C(C)Cc1ccc(C(C)C)cc1. The van der Waals surface area contributed by atoms with Crippen LogP contribution in [-0.2, 0) is 6.42 Å². The van der Waals surface area contributed by atoms with Gasteiger partial charge in [-0.15, -0.1) is 0 Å². The van der Waals surface area contributed by atoms with Crippen molar-refractivity contribution in [3.05, 3.63) is 35.4 Å². The Kier molecular flexibility index (Phi) is 5.70. The first-order valence-electron chi connectivity index (χ1n) is 6.84. The van der Waals surface area contributed by atoms with Crippen LogP contribution in [0, 0.1) is 5.92 Å². The van der Waals surface area contributed by atoms with Crippen molar-refractivity contribution in [1.29, 1.82) is 0 Å². The van der Waals surface area contributed by atoms with Crippen molar-refractivity contribution in [2.45, 2.75) is 52.5 Å². The molecule has 0 bridgehead atoms. The van der Waals surface area contributed by atoms with Crippen molar-refractivity contribution in [2.24, 2.45) is 5.92 Å². The van der Waals surface area contributed by atoms with Crippen molar-refractivity contribution in [3.8, 4) is 0 Å². The Balaban J connectivity index is 2.62. The van der Waals surface area contributed by atoms with E-state index in [0.717, 1.165) is 6.42 Å². The normalized spacial score (nSPS) is 14.9. The van der Waals surface area contributed by atoms with Crippen LogP contribution in [0.1, 0.15) is 51.2 Å². The van der Waals surface area contributed by atoms with Crippen molar-refractivity contribution in [1.82, 2.24) is 5.32 Å². The standard InChI is InChI=1S/C16H27N/c1-6-16(17-5)13(4)11-14-7-9-15(10-8-14)12(2)3/h7-10,12-13,16-17H,6,11H2,1-5H3. The predicted octanol–water partition coefficient (Wildman–Crippen LogP) is 3.99. The lowest BCUT2D eigenvalue weighted by molar-refractivity contribution is 0.387. The fourth-order valence-electron chi connectivity index (χ4n) is 2.44. The molecular formula is C16H27N. The highest BCUT2D eigenvalue weighted by atomic mass is 14.9. The molecule has 0 amide bonds. The highest BCUT2D eigenvalue weighted by Gasteiger charge is 2.13. The molecule has 1 aromatic carbocycles. The molecule has 0 aliphatic rings. The van der Waals surface area contributed by atoms with E-state index in [1.807, 2.05) is 0 Å². The van der Waals surface area contributed by atoms with Gasteiger partial charge in [-0.25, -0.2) is 0 Å². The molecule has 0 spiro atoms. The number of hydrogen-bond donors (Lipinski definition) is 1. The lowest BCUT2D eigenvalue weighted by Crippen LogP contribution is -2.32. The first kappa shape index (κ1) is 14.2. The molecule has 1 heteroatoms. The van der Waals surface area contributed by atoms with Gasteiger partial charge >= 0.3 is 0 Å². The van der Waals surface area contributed by atoms with Gasteiger partial charge in [0.2, 0.25) is 0 Å². The monoisotopic (exact) mass is 233 g/mol. The van der Waals surface area contributed by atoms with Crippen molar-refractivity contribution >= 4 is 0 Å². The van der Waals surface area contributed by atoms with E-state index < -0.39 is 0 Å². The van der Waals surface area contributed by atoms with Crippen molar-refractivity contribution in [2.75, 3.05) is 7.05 Å². The topological polar surface area (TPSA) is 12.0 Å². The fourth-order valence-corrected chi connectivity index (χ4v) is 2.44. The minimum absolute atomic E-state index is 0.625. The van der Waals surface area contributed by atoms with E-state index in [4.69, 9.17) is 0 Å². The third kappa shape index (κ3) is 4.16. The molecule has 1 aromatic rings. The molecule has 0 heterocycles. The molecule has 2 unspecified atom stereocenters. The summed E-state index contributed by atoms with van der Waals surface area (Å²) in [7, 11) is 2.06. The first-order valence-corrected chi connectivity index (χ1v) is 6.84. The lowest BCUT2D eigenvalue weighted by Gasteiger charge is -2.22. The summed E-state index contributed by atoms with van der Waals surface area (Å²) in [6.07, 6.45) is 2.36. The van der Waals surface area contributed by atoms with Gasteiger partial charge in [-0.2, -0.15) is 0 Å². The highest BCUT2D eigenvalue weighted by molar-refractivity contribution is 5.25. The molecule has 0 aromatic heterocycles. The molecule has 0 saturated heterocycles. The molecule has 1 rings (SSSR count). The number of benzene rings is 1. The Bertz CT molecular complexity index is 309. The zero-order chi connectivity index (χ0) is 12.8. The maximum absolute atomic E-state index is 3.40. The van der Waals surface area contributed by atoms with Gasteiger partial charge in [-0.05, 0) is 42.9 Å². The van der Waals surface area contributed by atoms with Crippen LogP contribution in [0.5, 0.6) is 0 Å². The molecule has 0 radical (unpaired) electrons. The number of nitrogens with one attached hydrogen (secondary N) is 1. The van der Waals surface area contributed by atoms with Gasteiger partial charge in [0, 0.05) is 6.04 Å². The number of rotatable bonds is 6. The van der Waals surface area contributed by atoms with E-state index in [1.165, 1.54) is 17.5 Å². The van der Waals surface area contributed by atoms with Crippen LogP contribution in [0.3, 0.4) is 0 Å². The minimum Gasteiger partial charge on any atom is -0.317 e. The van der Waals surface area contributed by atoms with E-state index in [9.17, 15) is 0 Å². The van der Waals surface area contributed by atoms with Crippen LogP contribution in [0.4, 0.5) is 0 Å². The summed E-state index contributed by atoms with van der Waals surface area (Å²) in [6.45, 7) is 9.07. The zero-order valence-corrected chi connectivity index (χ0v) is 12.0. The highest BCUT2D eigenvalue weighted by Crippen LogP contribution is 2.18. The summed E-state index contributed by atoms with van der Waals surface area (Å²) >= 11 is 0. The van der Waals surface area contributed by atoms with E-state index in [-0.39, 0.29) is 0 Å². The molecule has 0 saturated carbocycles. The molecule has 0 aliphatic heterocycles. The average molecular weight is 233 g/mol. The minimum atomic E-state index is 0.625. The van der Waals surface area contributed by atoms with Crippen LogP contribution in [0.15, 0.2) is 24.3 Å². The van der Waals surface area contributed by atoms with Gasteiger partial charge in [-0.3, -0.25) is 0 Å². The molecule has 0 aliphatic carbocycles. The van der Waals surface area contributed by atoms with Crippen LogP contribution >= 0.6 is 0 Å². The quantitative estimate of drug-likeness (QED) is 0.783. The molecular weight excluding hydrogens is 206 g/mol. The average Bonchev–Trinajstić information content (AvgIpc) is 2.31. The van der Waals surface area contributed by atoms with Gasteiger partial charge in [0.25, 0.3) is 0 Å². The second-order valence-electron chi connectivity index (χ2n) is 5.38. The largest absolute Gasteiger partial charge is 0.317 e. The summed E-state index contributed by atoms with van der Waals surface area (Å²) in [5.74, 6) is 1.32. The van der Waals surface area contributed by atoms with Gasteiger partial charge in [0.1, 0.15) is 0 Å². The summed E-state index contributed by atoms with van der Waals surface area (Å²) < 4.78 is 0. The third-order valence-corrected chi connectivity index (χ3v) is 3.70. The van der Waals surface area contributed by atoms with Gasteiger partial charge in [-0.1, -0.05) is 52.0 Å². The van der Waals surface area contributed by atoms with Crippen molar-refractivity contribution < 1.29 is 0 Å². The smallest absolute Gasteiger partial charge is 0.00902 e. The maximum Gasteiger partial charge on any atom is 0.00902 e. The third-order valence-electron chi connectivity index (χ3n) is 3.70. The Hall–Kier alpha value is -0.820. The lowest BCUT2D eigenvalue weighted by atomic mass is 9.91. The van der Waals surface area contributed by atoms with E-state index in [0.29, 0.717) is 17.9 Å². The first-order chi connectivity index (χ1) is 8.08. The van der Waals surface area contributed by atoms with E-state index in [2.05, 4.69) is 64.3 Å². The second-order valence-corrected chi connectivity index (χ2v) is 5.38. The molecule has 0 fully saturated rings. The Morgan fingerprint density at radius 1 is 1.06 bits per heavy atom. The Labute approximate surface area is 107 Å². The summed E-state index contributed by atoms with van der Waals surface area (Å²) in [4.78, 5) is 0. The summed E-state index contributed by atoms with van der Waals surface area (Å²) in [6, 6.07) is 9.74. The van der Waals surface area contributed by atoms with Crippen LogP contribution in [-0.4, -0.2) is 13.1 Å². The van der Waals surface area contributed by atoms with Crippen LogP contribution in [0.25, 0.3) is 0 Å². The van der Waals surface area contributed by atoms with Crippen molar-refractivity contribution in [3.63, 3.8) is 0 Å². The Morgan fingerprint density at radius 2 is 1.65 bits per heavy atom. The molecule has 1 nitrogen and oxygen atoms in total. The predicted molar refractivity (Wildman–Crippen MR) is 76.5 cm³/mol. The van der Waals surface area contributed by atoms with Gasteiger partial charge < -0.3 is 5.32 Å². The maximum atomic E-state index is 3.40. The van der Waals surface area contributed by atoms with E-state index in [1.54, 1.807) is 0 Å². The number of hydrogen-bond acceptors (Lipinski definition) is 1. The molecule has 2 atom stereocenters. The zero-order valence-electron chi connectivity index (χ0n) is 12.0. The van der Waals surface area contributed by atoms with Crippen LogP contribution < -0.4 is 5.32 Å². The Morgan fingerprint density at radius 3 is 2.06 bits per heavy atom. The molecule has 17 heavy (non-hydrogen) atoms. The molecule has 96 valence electrons. The summed E-state index contributed by atoms with van der Waals surface area (Å²) in [5.41, 5.74) is 2.89. The molecule has 1 N–H and O–H groups in total. The van der Waals surface area contributed by atoms with E-state index >= 15 is 0 Å². The van der Waals surface area contributed by atoms with Crippen LogP contribution in [0.2, 0.25) is 0 Å². The summed E-state index contributed by atoms with van der Waals surface area (Å²) in [5, 5.41) is 3.40.